The second-order valence-corrected chi connectivity index (χ2v) is 4.36. The van der Waals surface area contributed by atoms with Gasteiger partial charge in [0.2, 0.25) is 0 Å². The quantitative estimate of drug-likeness (QED) is 0.817. The van der Waals surface area contributed by atoms with Gasteiger partial charge in [0, 0.05) is 29.4 Å². The van der Waals surface area contributed by atoms with Crippen LogP contribution in [0.15, 0.2) is 36.7 Å². The summed E-state index contributed by atoms with van der Waals surface area (Å²) in [6.07, 6.45) is 3.49. The molecule has 1 heterocycles. The summed E-state index contributed by atoms with van der Waals surface area (Å²) >= 11 is 0. The molecule has 88 valence electrons. The van der Waals surface area contributed by atoms with E-state index in [4.69, 9.17) is 0 Å². The summed E-state index contributed by atoms with van der Waals surface area (Å²) in [7, 11) is 0. The topological polar surface area (TPSA) is 42.0 Å². The van der Waals surface area contributed by atoms with Crippen molar-refractivity contribution in [3.63, 3.8) is 0 Å². The van der Waals surface area contributed by atoms with Crippen molar-refractivity contribution < 1.29 is 4.79 Å². The average molecular weight is 228 g/mol. The number of carbonyl (C=O) groups excluding carboxylic acids is 1. The minimum atomic E-state index is 0.109. The highest BCUT2D eigenvalue weighted by Gasteiger charge is 2.09. The molecule has 2 aromatic rings. The van der Waals surface area contributed by atoms with E-state index >= 15 is 0 Å². The second kappa shape index (κ2) is 5.06. The lowest BCUT2D eigenvalue weighted by Gasteiger charge is -2.08. The highest BCUT2D eigenvalue weighted by atomic mass is 16.1. The molecule has 1 aromatic heterocycles. The van der Waals surface area contributed by atoms with Gasteiger partial charge in [0.05, 0.1) is 6.54 Å². The number of carbonyl (C=O) groups is 1. The fourth-order valence-electron chi connectivity index (χ4n) is 1.75. The first kappa shape index (κ1) is 11.7. The number of hydrogen-bond donors (Lipinski definition) is 1. The van der Waals surface area contributed by atoms with Gasteiger partial charge in [0.15, 0.2) is 5.78 Å². The van der Waals surface area contributed by atoms with Gasteiger partial charge in [0.25, 0.3) is 0 Å². The Morgan fingerprint density at radius 1 is 1.35 bits per heavy atom. The van der Waals surface area contributed by atoms with E-state index in [1.165, 1.54) is 0 Å². The smallest absolute Gasteiger partial charge is 0.177 e. The molecule has 0 aliphatic rings. The van der Waals surface area contributed by atoms with Gasteiger partial charge < -0.3 is 5.32 Å². The van der Waals surface area contributed by atoms with Crippen molar-refractivity contribution >= 4 is 16.6 Å². The van der Waals surface area contributed by atoms with Crippen LogP contribution in [0.1, 0.15) is 24.2 Å². The van der Waals surface area contributed by atoms with E-state index in [0.29, 0.717) is 12.6 Å². The maximum absolute atomic E-state index is 12.1. The number of pyridine rings is 1. The molecule has 2 rings (SSSR count). The highest BCUT2D eigenvalue weighted by Crippen LogP contribution is 2.17. The van der Waals surface area contributed by atoms with Crippen LogP contribution in [-0.4, -0.2) is 23.4 Å². The van der Waals surface area contributed by atoms with Crippen molar-refractivity contribution in [2.24, 2.45) is 0 Å². The lowest BCUT2D eigenvalue weighted by Crippen LogP contribution is -2.29. The van der Waals surface area contributed by atoms with E-state index in [9.17, 15) is 4.79 Å². The zero-order valence-electron chi connectivity index (χ0n) is 10.1. The van der Waals surface area contributed by atoms with Gasteiger partial charge >= 0.3 is 0 Å². The minimum Gasteiger partial charge on any atom is -0.307 e. The SMILES string of the molecule is CC(C)NCC(=O)c1cccc2ccncc12. The fourth-order valence-corrected chi connectivity index (χ4v) is 1.75. The minimum absolute atomic E-state index is 0.109. The third-order valence-electron chi connectivity index (χ3n) is 2.65. The van der Waals surface area contributed by atoms with Crippen molar-refractivity contribution in [2.75, 3.05) is 6.54 Å². The zero-order chi connectivity index (χ0) is 12.3. The predicted octanol–water partition coefficient (Wildman–Crippen LogP) is 2.42. The Morgan fingerprint density at radius 2 is 2.18 bits per heavy atom. The van der Waals surface area contributed by atoms with E-state index in [-0.39, 0.29) is 5.78 Å². The molecule has 0 spiro atoms. The number of nitrogens with one attached hydrogen (secondary N) is 1. The summed E-state index contributed by atoms with van der Waals surface area (Å²) < 4.78 is 0. The molecule has 0 saturated heterocycles. The summed E-state index contributed by atoms with van der Waals surface area (Å²) in [5.74, 6) is 0.109. The van der Waals surface area contributed by atoms with Gasteiger partial charge in [0.1, 0.15) is 0 Å². The fraction of sp³-hybridized carbons (Fsp3) is 0.286. The van der Waals surface area contributed by atoms with Crippen molar-refractivity contribution in [3.8, 4) is 0 Å². The number of Topliss-reactive ketones (excluding diaryl/α,β-unsaturated/α-hetero) is 1. The number of nitrogens with zero attached hydrogens (tertiary/aromatic N) is 1. The van der Waals surface area contributed by atoms with Crippen molar-refractivity contribution in [3.05, 3.63) is 42.2 Å². The number of aromatic nitrogens is 1. The Balaban J connectivity index is 2.32. The van der Waals surface area contributed by atoms with Gasteiger partial charge in [-0.2, -0.15) is 0 Å². The third kappa shape index (κ3) is 2.68. The molecule has 0 bridgehead atoms. The van der Waals surface area contributed by atoms with Crippen LogP contribution in [0.3, 0.4) is 0 Å². The Morgan fingerprint density at radius 3 is 2.94 bits per heavy atom. The van der Waals surface area contributed by atoms with Crippen molar-refractivity contribution in [2.45, 2.75) is 19.9 Å². The Bertz CT molecular complexity index is 529. The standard InChI is InChI=1S/C14H16N2O/c1-10(2)16-9-14(17)12-5-3-4-11-6-7-15-8-13(11)12/h3-8,10,16H,9H2,1-2H3. The normalized spacial score (nSPS) is 11.0. The van der Waals surface area contributed by atoms with Crippen LogP contribution in [-0.2, 0) is 0 Å². The van der Waals surface area contributed by atoms with E-state index in [1.807, 2.05) is 38.1 Å². The molecule has 1 aromatic carbocycles. The van der Waals surface area contributed by atoms with Crippen LogP contribution in [0.25, 0.3) is 10.8 Å². The molecule has 0 unspecified atom stereocenters. The summed E-state index contributed by atoms with van der Waals surface area (Å²) in [6.45, 7) is 4.42. The first-order valence-electron chi connectivity index (χ1n) is 5.78. The van der Waals surface area contributed by atoms with Crippen LogP contribution < -0.4 is 5.32 Å². The first-order valence-corrected chi connectivity index (χ1v) is 5.78. The summed E-state index contributed by atoms with van der Waals surface area (Å²) in [4.78, 5) is 16.2. The van der Waals surface area contributed by atoms with Crippen molar-refractivity contribution in [1.82, 2.24) is 10.3 Å². The Kier molecular flexibility index (Phi) is 3.49. The average Bonchev–Trinajstić information content (AvgIpc) is 2.35. The van der Waals surface area contributed by atoms with Crippen LogP contribution >= 0.6 is 0 Å². The summed E-state index contributed by atoms with van der Waals surface area (Å²) in [5.41, 5.74) is 0.740. The predicted molar refractivity (Wildman–Crippen MR) is 69.2 cm³/mol. The number of fused-ring (bicyclic) bond motifs is 1. The number of ketones is 1. The monoisotopic (exact) mass is 228 g/mol. The van der Waals surface area contributed by atoms with Gasteiger partial charge in [-0.25, -0.2) is 0 Å². The maximum atomic E-state index is 12.1. The molecule has 0 atom stereocenters. The molecule has 0 aliphatic carbocycles. The molecule has 0 radical (unpaired) electrons. The van der Waals surface area contributed by atoms with E-state index < -0.39 is 0 Å². The molecule has 0 amide bonds. The number of hydrogen-bond acceptors (Lipinski definition) is 3. The highest BCUT2D eigenvalue weighted by molar-refractivity contribution is 6.08. The first-order chi connectivity index (χ1) is 8.18. The molecule has 1 N–H and O–H groups in total. The Hall–Kier alpha value is -1.74. The van der Waals surface area contributed by atoms with Gasteiger partial charge in [-0.15, -0.1) is 0 Å². The van der Waals surface area contributed by atoms with Crippen LogP contribution in [0, 0.1) is 0 Å². The molecule has 0 fully saturated rings. The molecule has 17 heavy (non-hydrogen) atoms. The Labute approximate surface area is 101 Å². The van der Waals surface area contributed by atoms with Gasteiger partial charge in [-0.1, -0.05) is 32.0 Å². The van der Waals surface area contributed by atoms with Crippen LogP contribution in [0.4, 0.5) is 0 Å². The lowest BCUT2D eigenvalue weighted by molar-refractivity contribution is 0.0990. The van der Waals surface area contributed by atoms with E-state index in [2.05, 4.69) is 10.3 Å². The van der Waals surface area contributed by atoms with Crippen LogP contribution in [0.2, 0.25) is 0 Å². The molecular formula is C14H16N2O. The zero-order valence-corrected chi connectivity index (χ0v) is 10.1. The second-order valence-electron chi connectivity index (χ2n) is 4.36. The number of benzene rings is 1. The van der Waals surface area contributed by atoms with E-state index in [0.717, 1.165) is 16.3 Å². The molecule has 0 saturated carbocycles. The van der Waals surface area contributed by atoms with Gasteiger partial charge in [-0.3, -0.25) is 9.78 Å². The molecule has 3 heteroatoms. The van der Waals surface area contributed by atoms with Crippen molar-refractivity contribution in [1.29, 1.82) is 0 Å². The molecular weight excluding hydrogens is 212 g/mol. The summed E-state index contributed by atoms with van der Waals surface area (Å²) in [6, 6.07) is 7.98. The largest absolute Gasteiger partial charge is 0.307 e. The number of rotatable bonds is 4. The summed E-state index contributed by atoms with van der Waals surface area (Å²) in [5, 5.41) is 5.11. The maximum Gasteiger partial charge on any atom is 0.177 e. The van der Waals surface area contributed by atoms with E-state index in [1.54, 1.807) is 12.4 Å². The third-order valence-corrected chi connectivity index (χ3v) is 2.65. The molecule has 3 nitrogen and oxygen atoms in total. The van der Waals surface area contributed by atoms with Crippen LogP contribution in [0.5, 0.6) is 0 Å². The lowest BCUT2D eigenvalue weighted by atomic mass is 10.0. The van der Waals surface area contributed by atoms with Gasteiger partial charge in [-0.05, 0) is 11.5 Å². The molecule has 0 aliphatic heterocycles.